The molecule has 0 aliphatic carbocycles. The summed E-state index contributed by atoms with van der Waals surface area (Å²) in [6.07, 6.45) is 0.640. The average molecular weight is 592 g/mol. The zero-order valence-electron chi connectivity index (χ0n) is 24.7. The number of nitrogens with zero attached hydrogens (tertiary/aromatic N) is 2. The molecule has 43 heavy (non-hydrogen) atoms. The quantitative estimate of drug-likeness (QED) is 0.362. The van der Waals surface area contributed by atoms with E-state index in [-0.39, 0.29) is 58.7 Å². The molecule has 1 aromatic carbocycles. The second-order valence-electron chi connectivity index (χ2n) is 11.9. The zero-order chi connectivity index (χ0) is 31.0. The number of carbonyl (C=O) groups excluding carboxylic acids is 2. The molecule has 2 aromatic heterocycles. The van der Waals surface area contributed by atoms with Gasteiger partial charge in [-0.15, -0.1) is 0 Å². The van der Waals surface area contributed by atoms with Gasteiger partial charge in [-0.1, -0.05) is 26.0 Å². The van der Waals surface area contributed by atoms with Gasteiger partial charge in [0.15, 0.2) is 17.3 Å². The van der Waals surface area contributed by atoms with Crippen molar-refractivity contribution in [2.45, 2.75) is 58.0 Å². The number of nitrogens with one attached hydrogen (secondary N) is 1. The van der Waals surface area contributed by atoms with Crippen molar-refractivity contribution in [3.05, 3.63) is 85.8 Å². The number of benzene rings is 1. The topological polar surface area (TPSA) is 151 Å². The molecular formula is C32H37N3O8. The summed E-state index contributed by atoms with van der Waals surface area (Å²) in [6, 6.07) is 10.0. The van der Waals surface area contributed by atoms with E-state index in [0.29, 0.717) is 25.2 Å². The minimum atomic E-state index is -0.922. The molecule has 3 aromatic rings. The summed E-state index contributed by atoms with van der Waals surface area (Å²) in [4.78, 5) is 54.1. The Hall–Kier alpha value is -4.54. The Labute approximate surface area is 248 Å². The maximum absolute atomic E-state index is 13.9. The van der Waals surface area contributed by atoms with Crippen molar-refractivity contribution < 1.29 is 29.0 Å². The van der Waals surface area contributed by atoms with E-state index in [9.17, 15) is 29.4 Å². The number of ether oxygens (including phenoxy) is 1. The number of amides is 2. The van der Waals surface area contributed by atoms with Crippen molar-refractivity contribution in [3.63, 3.8) is 0 Å². The largest absolute Gasteiger partial charge is 0.504 e. The summed E-state index contributed by atoms with van der Waals surface area (Å²) in [5, 5.41) is 23.7. The molecule has 4 atom stereocenters. The summed E-state index contributed by atoms with van der Waals surface area (Å²) in [6.45, 7) is 6.78. The third-order valence-corrected chi connectivity index (χ3v) is 8.42. The van der Waals surface area contributed by atoms with Gasteiger partial charge in [-0.3, -0.25) is 19.2 Å². The lowest BCUT2D eigenvalue weighted by Gasteiger charge is -2.44. The highest BCUT2D eigenvalue weighted by Gasteiger charge is 2.39. The molecule has 2 amide bonds. The first-order chi connectivity index (χ1) is 20.5. The molecule has 11 heteroatoms. The van der Waals surface area contributed by atoms with Crippen LogP contribution >= 0.6 is 0 Å². The van der Waals surface area contributed by atoms with E-state index in [1.807, 2.05) is 19.9 Å². The average Bonchev–Trinajstić information content (AvgIpc) is 2.97. The molecule has 0 spiro atoms. The third-order valence-electron chi connectivity index (χ3n) is 8.42. The van der Waals surface area contributed by atoms with Crippen LogP contribution < -0.4 is 21.0 Å². The number of piperidine rings is 1. The Balaban J connectivity index is 1.39. The number of phenolic OH excluding ortho intramolecular Hbond substituents is 1. The molecule has 0 unspecified atom stereocenters. The summed E-state index contributed by atoms with van der Waals surface area (Å²) >= 11 is 0. The molecule has 0 radical (unpaired) electrons. The van der Waals surface area contributed by atoms with E-state index in [0.717, 1.165) is 18.2 Å². The molecule has 11 nitrogen and oxygen atoms in total. The van der Waals surface area contributed by atoms with E-state index in [1.54, 1.807) is 34.6 Å². The van der Waals surface area contributed by atoms with Gasteiger partial charge in [-0.05, 0) is 48.9 Å². The summed E-state index contributed by atoms with van der Waals surface area (Å²) in [5.41, 5.74) is 0.706. The summed E-state index contributed by atoms with van der Waals surface area (Å²) in [7, 11) is 1.38. The number of pyridine rings is 1. The number of aromatic nitrogens is 1. The number of aryl methyl sites for hydroxylation is 1. The van der Waals surface area contributed by atoms with Crippen LogP contribution in [0.5, 0.6) is 17.2 Å². The van der Waals surface area contributed by atoms with Crippen LogP contribution in [0, 0.1) is 18.8 Å². The monoisotopic (exact) mass is 591 g/mol. The van der Waals surface area contributed by atoms with Crippen LogP contribution in [0.15, 0.2) is 56.5 Å². The smallest absolute Gasteiger partial charge is 0.250 e. The molecular weight excluding hydrogens is 554 g/mol. The third kappa shape index (κ3) is 6.02. The molecule has 2 aliphatic heterocycles. The van der Waals surface area contributed by atoms with Gasteiger partial charge in [0.2, 0.25) is 23.0 Å². The van der Waals surface area contributed by atoms with Gasteiger partial charge in [0.25, 0.3) is 5.56 Å². The molecule has 3 N–H and O–H groups in total. The van der Waals surface area contributed by atoms with E-state index in [2.05, 4.69) is 5.32 Å². The van der Waals surface area contributed by atoms with E-state index in [4.69, 9.17) is 9.15 Å². The fraction of sp³-hybridized carbons (Fsp3) is 0.438. The second-order valence-corrected chi connectivity index (χ2v) is 11.9. The van der Waals surface area contributed by atoms with Crippen molar-refractivity contribution >= 4 is 11.8 Å². The van der Waals surface area contributed by atoms with Crippen LogP contribution in [0.25, 0.3) is 0 Å². The Kier molecular flexibility index (Phi) is 8.34. The first-order valence-electron chi connectivity index (χ1n) is 14.4. The molecule has 4 heterocycles. The molecule has 1 fully saturated rings. The Morgan fingerprint density at radius 3 is 2.58 bits per heavy atom. The lowest BCUT2D eigenvalue weighted by Crippen LogP contribution is -2.56. The number of hydrogen-bond donors (Lipinski definition) is 3. The number of rotatable bonds is 8. The zero-order valence-corrected chi connectivity index (χ0v) is 24.7. The SMILES string of the molecule is COc1cc([C@@H](CC(=O)N[C@H](C(=O)N2C[C@H]3C[C@@H](C2)c2cccc(=O)n2C3)C(C)C)c2oc(C)cc(=O)c2O)ccc1O. The number of hydrogen-bond acceptors (Lipinski definition) is 8. The predicted octanol–water partition coefficient (Wildman–Crippen LogP) is 2.84. The molecule has 5 rings (SSSR count). The first-order valence-corrected chi connectivity index (χ1v) is 14.4. The molecule has 228 valence electrons. The molecule has 0 saturated carbocycles. The maximum Gasteiger partial charge on any atom is 0.250 e. The van der Waals surface area contributed by atoms with Crippen LogP contribution in [0.2, 0.25) is 0 Å². The highest BCUT2D eigenvalue weighted by molar-refractivity contribution is 5.88. The van der Waals surface area contributed by atoms with E-state index < -0.39 is 29.0 Å². The van der Waals surface area contributed by atoms with Gasteiger partial charge in [0, 0.05) is 49.8 Å². The van der Waals surface area contributed by atoms with Crippen molar-refractivity contribution in [2.24, 2.45) is 11.8 Å². The van der Waals surface area contributed by atoms with Crippen LogP contribution in [0.4, 0.5) is 0 Å². The number of phenols is 1. The van der Waals surface area contributed by atoms with Gasteiger partial charge in [0.1, 0.15) is 11.8 Å². The molecule has 2 aliphatic rings. The van der Waals surface area contributed by atoms with Crippen LogP contribution in [-0.2, 0) is 16.1 Å². The van der Waals surface area contributed by atoms with Crippen molar-refractivity contribution in [1.82, 2.24) is 14.8 Å². The van der Waals surface area contributed by atoms with Crippen LogP contribution in [0.3, 0.4) is 0 Å². The number of fused-ring (bicyclic) bond motifs is 4. The Bertz CT molecular complexity index is 1660. The predicted molar refractivity (Wildman–Crippen MR) is 157 cm³/mol. The minimum absolute atomic E-state index is 0.0319. The van der Waals surface area contributed by atoms with Gasteiger partial charge in [-0.25, -0.2) is 0 Å². The normalized spacial score (nSPS) is 19.0. The maximum atomic E-state index is 13.9. The fourth-order valence-corrected chi connectivity index (χ4v) is 6.34. The number of methoxy groups -OCH3 is 1. The van der Waals surface area contributed by atoms with Gasteiger partial charge in [0.05, 0.1) is 13.0 Å². The Morgan fingerprint density at radius 1 is 1.09 bits per heavy atom. The number of carbonyl (C=O) groups is 2. The number of aromatic hydroxyl groups is 2. The minimum Gasteiger partial charge on any atom is -0.504 e. The van der Waals surface area contributed by atoms with Crippen LogP contribution in [0.1, 0.15) is 61.3 Å². The van der Waals surface area contributed by atoms with E-state index in [1.165, 1.54) is 19.2 Å². The first kappa shape index (κ1) is 29.9. The summed E-state index contributed by atoms with van der Waals surface area (Å²) in [5.74, 6) is -2.09. The Morgan fingerprint density at radius 2 is 1.86 bits per heavy atom. The van der Waals surface area contributed by atoms with Crippen molar-refractivity contribution in [3.8, 4) is 17.2 Å². The van der Waals surface area contributed by atoms with Crippen molar-refractivity contribution in [1.29, 1.82) is 0 Å². The van der Waals surface area contributed by atoms with Gasteiger partial charge in [-0.2, -0.15) is 0 Å². The standard InChI is InChI=1S/C32H37N3O8/c1-17(2)29(32(41)34-14-19-11-21(16-34)23-6-5-7-28(39)35(23)15-19)33-27(38)13-22(20-8-9-24(36)26(12-20)42-4)31-30(40)25(37)10-18(3)43-31/h5-10,12,17,19,21-22,29,36,40H,11,13-16H2,1-4H3,(H,33,38)/t19-,21+,22-,29+/m1/s1. The fourth-order valence-electron chi connectivity index (χ4n) is 6.34. The highest BCUT2D eigenvalue weighted by Crippen LogP contribution is 2.38. The van der Waals surface area contributed by atoms with E-state index >= 15 is 0 Å². The van der Waals surface area contributed by atoms with Crippen LogP contribution in [-0.4, -0.2) is 57.7 Å². The number of likely N-dealkylation sites (tertiary alicyclic amines) is 1. The summed E-state index contributed by atoms with van der Waals surface area (Å²) < 4.78 is 12.8. The highest BCUT2D eigenvalue weighted by atomic mass is 16.5. The second kappa shape index (κ2) is 12.0. The van der Waals surface area contributed by atoms with Gasteiger partial charge >= 0.3 is 0 Å². The molecule has 1 saturated heterocycles. The van der Waals surface area contributed by atoms with Gasteiger partial charge < -0.3 is 34.2 Å². The lowest BCUT2D eigenvalue weighted by atomic mass is 9.82. The lowest BCUT2D eigenvalue weighted by molar-refractivity contribution is -0.140. The molecule has 2 bridgehead atoms. The van der Waals surface area contributed by atoms with Crippen molar-refractivity contribution in [2.75, 3.05) is 20.2 Å².